The van der Waals surface area contributed by atoms with Crippen LogP contribution in [0.1, 0.15) is 13.3 Å². The molecular weight excluding hydrogens is 214 g/mol. The molecule has 0 rings (SSSR count). The number of aliphatic hydroxyl groups is 1. The SMILES string of the molecule is CC(CCO)SCC(F)(F)C(=O)NN. The molecular formula is C7H14F2N2O2S. The Morgan fingerprint density at radius 3 is 2.71 bits per heavy atom. The van der Waals surface area contributed by atoms with Gasteiger partial charge >= 0.3 is 11.8 Å². The second kappa shape index (κ2) is 6.15. The van der Waals surface area contributed by atoms with E-state index in [4.69, 9.17) is 5.11 Å². The largest absolute Gasteiger partial charge is 0.396 e. The van der Waals surface area contributed by atoms with Gasteiger partial charge in [-0.2, -0.15) is 20.5 Å². The fraction of sp³-hybridized carbons (Fsp3) is 0.857. The third kappa shape index (κ3) is 4.73. The summed E-state index contributed by atoms with van der Waals surface area (Å²) >= 11 is 0.925. The first-order valence-electron chi connectivity index (χ1n) is 4.05. The molecule has 1 unspecified atom stereocenters. The lowest BCUT2D eigenvalue weighted by atomic mass is 10.3. The zero-order valence-electron chi connectivity index (χ0n) is 7.80. The van der Waals surface area contributed by atoms with Gasteiger partial charge in [0.2, 0.25) is 0 Å². The summed E-state index contributed by atoms with van der Waals surface area (Å²) in [4.78, 5) is 10.6. The Labute approximate surface area is 85.2 Å². The predicted octanol–water partition coefficient (Wildman–Crippen LogP) is 0.116. The van der Waals surface area contributed by atoms with E-state index in [2.05, 4.69) is 5.84 Å². The van der Waals surface area contributed by atoms with E-state index in [9.17, 15) is 13.6 Å². The highest BCUT2D eigenvalue weighted by Crippen LogP contribution is 2.24. The molecule has 84 valence electrons. The van der Waals surface area contributed by atoms with E-state index in [1.165, 1.54) is 5.43 Å². The van der Waals surface area contributed by atoms with Crippen molar-refractivity contribution < 1.29 is 18.7 Å². The number of amides is 1. The Morgan fingerprint density at radius 2 is 2.29 bits per heavy atom. The molecule has 0 heterocycles. The maximum absolute atomic E-state index is 12.8. The molecule has 4 nitrogen and oxygen atoms in total. The molecule has 0 aromatic heterocycles. The van der Waals surface area contributed by atoms with Gasteiger partial charge in [-0.05, 0) is 6.42 Å². The predicted molar refractivity (Wildman–Crippen MR) is 50.9 cm³/mol. The summed E-state index contributed by atoms with van der Waals surface area (Å²) in [5.74, 6) is -0.974. The van der Waals surface area contributed by atoms with Crippen molar-refractivity contribution >= 4 is 17.7 Å². The number of hydrogen-bond acceptors (Lipinski definition) is 4. The van der Waals surface area contributed by atoms with Gasteiger partial charge in [0.25, 0.3) is 0 Å². The first kappa shape index (κ1) is 13.6. The molecule has 14 heavy (non-hydrogen) atoms. The number of hydrazine groups is 1. The number of aliphatic hydroxyl groups excluding tert-OH is 1. The monoisotopic (exact) mass is 228 g/mol. The van der Waals surface area contributed by atoms with Crippen LogP contribution >= 0.6 is 11.8 Å². The van der Waals surface area contributed by atoms with Crippen LogP contribution in [0.15, 0.2) is 0 Å². The number of carbonyl (C=O) groups is 1. The molecule has 0 radical (unpaired) electrons. The van der Waals surface area contributed by atoms with Crippen molar-refractivity contribution in [3.63, 3.8) is 0 Å². The van der Waals surface area contributed by atoms with E-state index in [-0.39, 0.29) is 11.9 Å². The molecule has 0 saturated heterocycles. The summed E-state index contributed by atoms with van der Waals surface area (Å²) in [6.07, 6.45) is 0.422. The van der Waals surface area contributed by atoms with Crippen molar-refractivity contribution in [2.45, 2.75) is 24.5 Å². The molecule has 0 aromatic rings. The van der Waals surface area contributed by atoms with Crippen LogP contribution in [0.2, 0.25) is 0 Å². The lowest BCUT2D eigenvalue weighted by Gasteiger charge is -2.16. The number of hydrogen-bond donors (Lipinski definition) is 3. The van der Waals surface area contributed by atoms with E-state index >= 15 is 0 Å². The Kier molecular flexibility index (Phi) is 5.98. The summed E-state index contributed by atoms with van der Waals surface area (Å²) in [6, 6.07) is 0. The summed E-state index contributed by atoms with van der Waals surface area (Å²) in [5.41, 5.74) is 1.41. The van der Waals surface area contributed by atoms with Crippen molar-refractivity contribution in [3.8, 4) is 0 Å². The minimum Gasteiger partial charge on any atom is -0.396 e. The molecule has 0 aliphatic heterocycles. The highest BCUT2D eigenvalue weighted by molar-refractivity contribution is 7.99. The fourth-order valence-corrected chi connectivity index (χ4v) is 1.58. The number of halogens is 2. The van der Waals surface area contributed by atoms with Crippen molar-refractivity contribution in [1.82, 2.24) is 5.43 Å². The van der Waals surface area contributed by atoms with Crippen LogP contribution in [0.25, 0.3) is 0 Å². The van der Waals surface area contributed by atoms with Gasteiger partial charge in [-0.15, -0.1) is 0 Å². The smallest absolute Gasteiger partial charge is 0.334 e. The lowest BCUT2D eigenvalue weighted by Crippen LogP contribution is -2.45. The van der Waals surface area contributed by atoms with E-state index in [0.717, 1.165) is 11.8 Å². The summed E-state index contributed by atoms with van der Waals surface area (Å²) < 4.78 is 25.7. The van der Waals surface area contributed by atoms with E-state index in [1.54, 1.807) is 6.92 Å². The summed E-state index contributed by atoms with van der Waals surface area (Å²) in [7, 11) is 0. The number of carbonyl (C=O) groups excluding carboxylic acids is 1. The standard InChI is InChI=1S/C7H14F2N2O2S/c1-5(2-3-12)14-4-7(8,9)6(13)11-10/h5,12H,2-4,10H2,1H3,(H,11,13). The van der Waals surface area contributed by atoms with Gasteiger partial charge in [0.05, 0.1) is 5.75 Å². The highest BCUT2D eigenvalue weighted by Gasteiger charge is 2.38. The molecule has 0 aliphatic rings. The molecule has 0 aromatic carbocycles. The molecule has 0 bridgehead atoms. The third-order valence-corrected chi connectivity index (χ3v) is 2.88. The van der Waals surface area contributed by atoms with E-state index in [0.29, 0.717) is 6.42 Å². The van der Waals surface area contributed by atoms with Gasteiger partial charge < -0.3 is 5.11 Å². The first-order valence-corrected chi connectivity index (χ1v) is 5.10. The topological polar surface area (TPSA) is 75.3 Å². The minimum atomic E-state index is -3.46. The Bertz CT molecular complexity index is 193. The van der Waals surface area contributed by atoms with Crippen molar-refractivity contribution in [2.24, 2.45) is 5.84 Å². The van der Waals surface area contributed by atoms with Gasteiger partial charge in [-0.25, -0.2) is 5.84 Å². The van der Waals surface area contributed by atoms with Gasteiger partial charge in [0, 0.05) is 11.9 Å². The van der Waals surface area contributed by atoms with Crippen LogP contribution in [0.4, 0.5) is 8.78 Å². The molecule has 0 saturated carbocycles. The lowest BCUT2D eigenvalue weighted by molar-refractivity contribution is -0.142. The zero-order valence-corrected chi connectivity index (χ0v) is 8.61. The van der Waals surface area contributed by atoms with Crippen LogP contribution in [-0.2, 0) is 4.79 Å². The molecule has 7 heteroatoms. The zero-order chi connectivity index (χ0) is 11.2. The third-order valence-electron chi connectivity index (χ3n) is 1.55. The molecule has 0 fully saturated rings. The van der Waals surface area contributed by atoms with Crippen LogP contribution in [0, 0.1) is 0 Å². The molecule has 0 aliphatic carbocycles. The van der Waals surface area contributed by atoms with Crippen molar-refractivity contribution in [1.29, 1.82) is 0 Å². The molecule has 1 atom stereocenters. The van der Waals surface area contributed by atoms with Crippen LogP contribution in [0.3, 0.4) is 0 Å². The summed E-state index contributed by atoms with van der Waals surface area (Å²) in [6.45, 7) is 1.65. The van der Waals surface area contributed by atoms with E-state index < -0.39 is 17.6 Å². The Balaban J connectivity index is 3.92. The Hall–Kier alpha value is -0.400. The van der Waals surface area contributed by atoms with Crippen molar-refractivity contribution in [3.05, 3.63) is 0 Å². The van der Waals surface area contributed by atoms with E-state index in [1.807, 2.05) is 0 Å². The second-order valence-corrected chi connectivity index (χ2v) is 4.24. The second-order valence-electron chi connectivity index (χ2n) is 2.81. The number of rotatable bonds is 6. The number of nitrogens with two attached hydrogens (primary N) is 1. The highest BCUT2D eigenvalue weighted by atomic mass is 32.2. The van der Waals surface area contributed by atoms with Gasteiger partial charge in [-0.3, -0.25) is 10.2 Å². The first-order chi connectivity index (χ1) is 6.44. The normalized spacial score (nSPS) is 13.8. The molecule has 1 amide bonds. The Morgan fingerprint density at radius 1 is 1.71 bits per heavy atom. The molecule has 0 spiro atoms. The van der Waals surface area contributed by atoms with Crippen molar-refractivity contribution in [2.75, 3.05) is 12.4 Å². The van der Waals surface area contributed by atoms with Crippen LogP contribution in [-0.4, -0.2) is 34.5 Å². The summed E-state index contributed by atoms with van der Waals surface area (Å²) in [5, 5.41) is 8.41. The maximum atomic E-state index is 12.8. The average molecular weight is 228 g/mol. The fourth-order valence-electron chi connectivity index (χ4n) is 0.683. The van der Waals surface area contributed by atoms with Crippen LogP contribution in [0.5, 0.6) is 0 Å². The van der Waals surface area contributed by atoms with Crippen LogP contribution < -0.4 is 11.3 Å². The molecule has 4 N–H and O–H groups in total. The quantitative estimate of drug-likeness (QED) is 0.343. The van der Waals surface area contributed by atoms with Gasteiger partial charge in [0.15, 0.2) is 0 Å². The number of alkyl halides is 2. The minimum absolute atomic E-state index is 0.0528. The number of thioether (sulfide) groups is 1. The average Bonchev–Trinajstić information content (AvgIpc) is 2.14. The van der Waals surface area contributed by atoms with Gasteiger partial charge in [0.1, 0.15) is 0 Å². The maximum Gasteiger partial charge on any atom is 0.334 e. The number of nitrogens with one attached hydrogen (secondary N) is 1. The van der Waals surface area contributed by atoms with Gasteiger partial charge in [-0.1, -0.05) is 6.92 Å².